The van der Waals surface area contributed by atoms with E-state index >= 15 is 0 Å². The molecule has 1 unspecified atom stereocenters. The SMILES string of the molecule is CCN1CCN(C(=O)C(C)Sc2nnc(COc3ccc(Cl)cc3)n2C)CC1. The summed E-state index contributed by atoms with van der Waals surface area (Å²) in [6, 6.07) is 7.19. The molecule has 2 heterocycles. The molecule has 0 N–H and O–H groups in total. The Balaban J connectivity index is 1.54. The van der Waals surface area contributed by atoms with Crippen LogP contribution < -0.4 is 4.74 Å². The van der Waals surface area contributed by atoms with Crippen molar-refractivity contribution in [2.24, 2.45) is 7.05 Å². The molecule has 1 atom stereocenters. The molecule has 0 spiro atoms. The van der Waals surface area contributed by atoms with E-state index in [2.05, 4.69) is 22.0 Å². The molecule has 0 aliphatic carbocycles. The van der Waals surface area contributed by atoms with E-state index in [1.54, 1.807) is 12.1 Å². The number of nitrogens with zero attached hydrogens (tertiary/aromatic N) is 5. The monoisotopic (exact) mass is 423 g/mol. The Hall–Kier alpha value is -1.77. The normalized spacial score (nSPS) is 16.2. The highest BCUT2D eigenvalue weighted by Gasteiger charge is 2.26. The number of carbonyl (C=O) groups is 1. The van der Waals surface area contributed by atoms with Gasteiger partial charge in [0.1, 0.15) is 12.4 Å². The second-order valence-electron chi connectivity index (χ2n) is 6.72. The van der Waals surface area contributed by atoms with Crippen LogP contribution in [0.5, 0.6) is 5.75 Å². The standard InChI is InChI=1S/C19H26ClN5O2S/c1-4-24-9-11-25(12-10-24)18(26)14(2)28-19-22-21-17(23(19)3)13-27-16-7-5-15(20)6-8-16/h5-8,14H,4,9-13H2,1-3H3. The zero-order valence-electron chi connectivity index (χ0n) is 16.5. The largest absolute Gasteiger partial charge is 0.486 e. The van der Waals surface area contributed by atoms with Gasteiger partial charge in [0.25, 0.3) is 0 Å². The molecule has 1 saturated heterocycles. The van der Waals surface area contributed by atoms with E-state index in [1.807, 2.05) is 35.6 Å². The van der Waals surface area contributed by atoms with Crippen LogP contribution in [0.4, 0.5) is 0 Å². The number of ether oxygens (including phenoxy) is 1. The first-order valence-electron chi connectivity index (χ1n) is 9.42. The van der Waals surface area contributed by atoms with Gasteiger partial charge in [-0.15, -0.1) is 10.2 Å². The molecule has 1 aliphatic rings. The van der Waals surface area contributed by atoms with Crippen LogP contribution in [0.2, 0.25) is 5.02 Å². The number of thioether (sulfide) groups is 1. The Morgan fingerprint density at radius 2 is 1.89 bits per heavy atom. The average molecular weight is 424 g/mol. The summed E-state index contributed by atoms with van der Waals surface area (Å²) in [6.07, 6.45) is 0. The highest BCUT2D eigenvalue weighted by atomic mass is 35.5. The van der Waals surface area contributed by atoms with E-state index in [-0.39, 0.29) is 11.2 Å². The lowest BCUT2D eigenvalue weighted by Crippen LogP contribution is -2.50. The zero-order chi connectivity index (χ0) is 20.1. The van der Waals surface area contributed by atoms with Crippen molar-refractivity contribution in [1.29, 1.82) is 0 Å². The first kappa shape index (κ1) is 21.0. The van der Waals surface area contributed by atoms with Crippen molar-refractivity contribution in [3.63, 3.8) is 0 Å². The number of hydrogen-bond donors (Lipinski definition) is 0. The molecule has 1 aliphatic heterocycles. The molecule has 9 heteroatoms. The Morgan fingerprint density at radius 1 is 1.21 bits per heavy atom. The molecule has 0 bridgehead atoms. The van der Waals surface area contributed by atoms with Gasteiger partial charge in [0.15, 0.2) is 11.0 Å². The van der Waals surface area contributed by atoms with Crippen molar-refractivity contribution >= 4 is 29.3 Å². The maximum Gasteiger partial charge on any atom is 0.235 e. The predicted molar refractivity (Wildman–Crippen MR) is 111 cm³/mol. The minimum atomic E-state index is -0.207. The third kappa shape index (κ3) is 5.18. The topological polar surface area (TPSA) is 63.5 Å². The van der Waals surface area contributed by atoms with E-state index in [0.29, 0.717) is 22.6 Å². The van der Waals surface area contributed by atoms with Crippen molar-refractivity contribution in [3.05, 3.63) is 35.1 Å². The van der Waals surface area contributed by atoms with Gasteiger partial charge >= 0.3 is 0 Å². The molecule has 3 rings (SSSR count). The summed E-state index contributed by atoms with van der Waals surface area (Å²) in [5, 5.41) is 9.60. The molecular formula is C19H26ClN5O2S. The summed E-state index contributed by atoms with van der Waals surface area (Å²) < 4.78 is 7.61. The number of amides is 1. The number of likely N-dealkylation sites (N-methyl/N-ethyl adjacent to an activating group) is 1. The predicted octanol–water partition coefficient (Wildman–Crippen LogP) is 2.69. The second-order valence-corrected chi connectivity index (χ2v) is 8.46. The van der Waals surface area contributed by atoms with Gasteiger partial charge in [-0.05, 0) is 37.7 Å². The lowest BCUT2D eigenvalue weighted by Gasteiger charge is -2.35. The number of aromatic nitrogens is 3. The lowest BCUT2D eigenvalue weighted by molar-refractivity contribution is -0.132. The van der Waals surface area contributed by atoms with Gasteiger partial charge in [-0.2, -0.15) is 0 Å². The second kappa shape index (κ2) is 9.62. The summed E-state index contributed by atoms with van der Waals surface area (Å²) >= 11 is 7.32. The highest BCUT2D eigenvalue weighted by Crippen LogP contribution is 2.24. The van der Waals surface area contributed by atoms with Crippen LogP contribution in [-0.4, -0.2) is 68.4 Å². The third-order valence-electron chi connectivity index (χ3n) is 4.87. The van der Waals surface area contributed by atoms with Crippen LogP contribution in [0.3, 0.4) is 0 Å². The van der Waals surface area contributed by atoms with Crippen LogP contribution in [0.25, 0.3) is 0 Å². The summed E-state index contributed by atoms with van der Waals surface area (Å²) in [5.41, 5.74) is 0. The van der Waals surface area contributed by atoms with E-state index < -0.39 is 0 Å². The number of rotatable bonds is 7. The highest BCUT2D eigenvalue weighted by molar-refractivity contribution is 8.00. The molecule has 152 valence electrons. The molecule has 1 aromatic heterocycles. The van der Waals surface area contributed by atoms with Gasteiger partial charge < -0.3 is 19.1 Å². The Labute approximate surface area is 175 Å². The fourth-order valence-electron chi connectivity index (χ4n) is 3.00. The summed E-state index contributed by atoms with van der Waals surface area (Å²) in [7, 11) is 1.89. The van der Waals surface area contributed by atoms with Crippen LogP contribution >= 0.6 is 23.4 Å². The average Bonchev–Trinajstić information content (AvgIpc) is 3.06. The van der Waals surface area contributed by atoms with Crippen LogP contribution in [0.15, 0.2) is 29.4 Å². The van der Waals surface area contributed by atoms with Gasteiger partial charge in [-0.1, -0.05) is 30.3 Å². The van der Waals surface area contributed by atoms with E-state index in [1.165, 1.54) is 11.8 Å². The lowest BCUT2D eigenvalue weighted by atomic mass is 10.3. The summed E-state index contributed by atoms with van der Waals surface area (Å²) in [6.45, 7) is 8.87. The molecule has 28 heavy (non-hydrogen) atoms. The minimum absolute atomic E-state index is 0.155. The summed E-state index contributed by atoms with van der Waals surface area (Å²) in [5.74, 6) is 1.58. The number of carbonyl (C=O) groups excluding carboxylic acids is 1. The van der Waals surface area contributed by atoms with Crippen molar-refractivity contribution < 1.29 is 9.53 Å². The first-order chi connectivity index (χ1) is 13.5. The van der Waals surface area contributed by atoms with Crippen LogP contribution in [-0.2, 0) is 18.4 Å². The Kier molecular flexibility index (Phi) is 7.20. The molecule has 2 aromatic rings. The van der Waals surface area contributed by atoms with Crippen molar-refractivity contribution in [2.45, 2.75) is 30.9 Å². The number of benzene rings is 1. The van der Waals surface area contributed by atoms with Crippen molar-refractivity contribution in [2.75, 3.05) is 32.7 Å². The van der Waals surface area contributed by atoms with Gasteiger partial charge in [0.05, 0.1) is 5.25 Å². The maximum atomic E-state index is 12.7. The molecule has 1 fully saturated rings. The van der Waals surface area contributed by atoms with Gasteiger partial charge in [0, 0.05) is 38.2 Å². The van der Waals surface area contributed by atoms with E-state index in [4.69, 9.17) is 16.3 Å². The van der Waals surface area contributed by atoms with Gasteiger partial charge in [-0.25, -0.2) is 0 Å². The smallest absolute Gasteiger partial charge is 0.235 e. The minimum Gasteiger partial charge on any atom is -0.486 e. The number of hydrogen-bond acceptors (Lipinski definition) is 6. The summed E-state index contributed by atoms with van der Waals surface area (Å²) in [4.78, 5) is 17.1. The van der Waals surface area contributed by atoms with E-state index in [0.717, 1.165) is 38.5 Å². The molecule has 0 radical (unpaired) electrons. The zero-order valence-corrected chi connectivity index (χ0v) is 18.0. The molecule has 1 aromatic carbocycles. The van der Waals surface area contributed by atoms with Crippen molar-refractivity contribution in [1.82, 2.24) is 24.6 Å². The van der Waals surface area contributed by atoms with Crippen LogP contribution in [0, 0.1) is 0 Å². The fraction of sp³-hybridized carbons (Fsp3) is 0.526. The van der Waals surface area contributed by atoms with Crippen molar-refractivity contribution in [3.8, 4) is 5.75 Å². The fourth-order valence-corrected chi connectivity index (χ4v) is 4.05. The Bertz CT molecular complexity index is 790. The third-order valence-corrected chi connectivity index (χ3v) is 6.24. The quantitative estimate of drug-likeness (QED) is 0.638. The van der Waals surface area contributed by atoms with Gasteiger partial charge in [0.2, 0.25) is 5.91 Å². The number of halogens is 1. The molecule has 7 nitrogen and oxygen atoms in total. The maximum absolute atomic E-state index is 12.7. The van der Waals surface area contributed by atoms with E-state index in [9.17, 15) is 4.79 Å². The molecular weight excluding hydrogens is 398 g/mol. The molecule has 0 saturated carbocycles. The number of piperazine rings is 1. The molecule has 1 amide bonds. The Morgan fingerprint density at radius 3 is 2.54 bits per heavy atom. The first-order valence-corrected chi connectivity index (χ1v) is 10.7. The van der Waals surface area contributed by atoms with Gasteiger partial charge in [-0.3, -0.25) is 4.79 Å². The van der Waals surface area contributed by atoms with Crippen LogP contribution in [0.1, 0.15) is 19.7 Å².